The van der Waals surface area contributed by atoms with Crippen LogP contribution in [0.15, 0.2) is 24.5 Å². The Morgan fingerprint density at radius 2 is 2.08 bits per heavy atom. The number of nitrogens with zero attached hydrogens (tertiary/aromatic N) is 2. The zero-order chi connectivity index (χ0) is 17.2. The van der Waals surface area contributed by atoms with E-state index in [0.717, 1.165) is 43.3 Å². The maximum Gasteiger partial charge on any atom is 0.191 e. The Hall–Kier alpha value is -1.92. The van der Waals surface area contributed by atoms with E-state index in [1.807, 2.05) is 18.3 Å². The summed E-state index contributed by atoms with van der Waals surface area (Å²) in [4.78, 5) is 12.2. The zero-order valence-electron chi connectivity index (χ0n) is 14.1. The molecule has 6 nitrogen and oxygen atoms in total. The minimum Gasteiger partial charge on any atom is -0.390 e. The SMILES string of the molecule is O=C(CO)c1cnn2cccc2c1NC1[C@@H]2CC3C[C@H]1CC(O)(C3)C2. The van der Waals surface area contributed by atoms with Crippen LogP contribution in [-0.2, 0) is 0 Å². The zero-order valence-corrected chi connectivity index (χ0v) is 14.1. The summed E-state index contributed by atoms with van der Waals surface area (Å²) >= 11 is 0. The van der Waals surface area contributed by atoms with Gasteiger partial charge in [-0.25, -0.2) is 4.52 Å². The minimum atomic E-state index is -0.521. The molecule has 0 aromatic carbocycles. The van der Waals surface area contributed by atoms with Crippen molar-refractivity contribution in [3.63, 3.8) is 0 Å². The molecule has 5 atom stereocenters. The molecule has 4 aliphatic rings. The Kier molecular flexibility index (Phi) is 3.24. The average molecular weight is 341 g/mol. The van der Waals surface area contributed by atoms with E-state index < -0.39 is 12.2 Å². The van der Waals surface area contributed by atoms with Crippen molar-refractivity contribution >= 4 is 17.0 Å². The van der Waals surface area contributed by atoms with Crippen LogP contribution in [0.25, 0.3) is 5.52 Å². The number of Topliss-reactive ketones (excluding diaryl/α,β-unsaturated/α-hetero) is 1. The molecule has 4 aliphatic carbocycles. The van der Waals surface area contributed by atoms with Crippen molar-refractivity contribution in [2.45, 2.75) is 43.7 Å². The normalized spacial score (nSPS) is 36.1. The summed E-state index contributed by atoms with van der Waals surface area (Å²) in [5.41, 5.74) is 1.60. The molecule has 0 amide bonds. The molecule has 132 valence electrons. The summed E-state index contributed by atoms with van der Waals surface area (Å²) in [6.45, 7) is -0.521. The summed E-state index contributed by atoms with van der Waals surface area (Å²) in [6, 6.07) is 4.11. The lowest BCUT2D eigenvalue weighted by atomic mass is 9.52. The van der Waals surface area contributed by atoms with Gasteiger partial charge in [0.25, 0.3) is 0 Å². The van der Waals surface area contributed by atoms with Gasteiger partial charge < -0.3 is 15.5 Å². The quantitative estimate of drug-likeness (QED) is 0.739. The standard InChI is InChI=1S/C19H23N3O3/c23-10-16(24)14-9-20-22-3-1-2-15(22)18(14)21-17-12-4-11-5-13(17)8-19(25,6-11)7-12/h1-3,9,11-13,17,21,23,25H,4-8,10H2/t11?,12-,13+,17?,19?. The number of carbonyl (C=O) groups excluding carboxylic acids is 1. The predicted molar refractivity (Wildman–Crippen MR) is 92.5 cm³/mol. The highest BCUT2D eigenvalue weighted by Gasteiger charge is 2.54. The predicted octanol–water partition coefficient (Wildman–Crippen LogP) is 1.86. The summed E-state index contributed by atoms with van der Waals surface area (Å²) in [5.74, 6) is 1.21. The molecule has 3 N–H and O–H groups in total. The topological polar surface area (TPSA) is 86.9 Å². The van der Waals surface area contributed by atoms with Gasteiger partial charge in [0.2, 0.25) is 0 Å². The van der Waals surface area contributed by atoms with Gasteiger partial charge in [0.1, 0.15) is 6.61 Å². The van der Waals surface area contributed by atoms with E-state index in [1.165, 1.54) is 6.20 Å². The Balaban J connectivity index is 1.54. The van der Waals surface area contributed by atoms with E-state index >= 15 is 0 Å². The van der Waals surface area contributed by atoms with Gasteiger partial charge in [-0.3, -0.25) is 4.79 Å². The molecule has 0 radical (unpaired) electrons. The number of nitrogens with one attached hydrogen (secondary N) is 1. The van der Waals surface area contributed by atoms with Gasteiger partial charge in [-0.15, -0.1) is 0 Å². The van der Waals surface area contributed by atoms with Gasteiger partial charge in [-0.2, -0.15) is 5.10 Å². The fourth-order valence-corrected chi connectivity index (χ4v) is 5.83. The number of hydrogen-bond acceptors (Lipinski definition) is 5. The van der Waals surface area contributed by atoms with Crippen molar-refractivity contribution in [2.24, 2.45) is 17.8 Å². The third kappa shape index (κ3) is 2.31. The number of ketones is 1. The van der Waals surface area contributed by atoms with Crippen LogP contribution < -0.4 is 5.32 Å². The molecule has 4 bridgehead atoms. The van der Waals surface area contributed by atoms with Gasteiger partial charge in [0, 0.05) is 12.2 Å². The van der Waals surface area contributed by atoms with Gasteiger partial charge in [0.05, 0.1) is 28.6 Å². The second kappa shape index (κ2) is 5.29. The maximum absolute atomic E-state index is 12.2. The van der Waals surface area contributed by atoms with Crippen LogP contribution in [0.4, 0.5) is 5.69 Å². The van der Waals surface area contributed by atoms with Gasteiger partial charge in [-0.05, 0) is 62.0 Å². The smallest absolute Gasteiger partial charge is 0.191 e. The highest BCUT2D eigenvalue weighted by molar-refractivity contribution is 6.04. The van der Waals surface area contributed by atoms with Crippen LogP contribution in [0.2, 0.25) is 0 Å². The number of aromatic nitrogens is 2. The first-order valence-electron chi connectivity index (χ1n) is 9.16. The molecule has 0 saturated heterocycles. The lowest BCUT2D eigenvalue weighted by Crippen LogP contribution is -2.59. The van der Waals surface area contributed by atoms with Crippen molar-refractivity contribution in [3.05, 3.63) is 30.1 Å². The second-order valence-corrected chi connectivity index (χ2v) is 8.22. The third-order valence-electron chi connectivity index (χ3n) is 6.56. The molecule has 3 unspecified atom stereocenters. The van der Waals surface area contributed by atoms with E-state index in [9.17, 15) is 15.0 Å². The summed E-state index contributed by atoms with van der Waals surface area (Å²) < 4.78 is 1.75. The number of hydrogen-bond donors (Lipinski definition) is 3. The van der Waals surface area contributed by atoms with E-state index in [2.05, 4.69) is 10.4 Å². The molecule has 0 aliphatic heterocycles. The first-order chi connectivity index (χ1) is 12.1. The van der Waals surface area contributed by atoms with E-state index in [-0.39, 0.29) is 11.8 Å². The molecule has 0 spiro atoms. The van der Waals surface area contributed by atoms with E-state index in [1.54, 1.807) is 4.52 Å². The number of anilines is 1. The number of aliphatic hydroxyl groups excluding tert-OH is 1. The molecule has 2 aromatic rings. The highest BCUT2D eigenvalue weighted by atomic mass is 16.3. The monoisotopic (exact) mass is 341 g/mol. The highest BCUT2D eigenvalue weighted by Crippen LogP contribution is 2.56. The lowest BCUT2D eigenvalue weighted by Gasteiger charge is -2.58. The van der Waals surface area contributed by atoms with Crippen molar-refractivity contribution in [1.29, 1.82) is 0 Å². The van der Waals surface area contributed by atoms with E-state index in [4.69, 9.17) is 0 Å². The summed E-state index contributed by atoms with van der Waals surface area (Å²) in [5, 5.41) is 28.0. The molecule has 6 rings (SSSR count). The second-order valence-electron chi connectivity index (χ2n) is 8.22. The van der Waals surface area contributed by atoms with Crippen LogP contribution in [-0.4, -0.2) is 43.9 Å². The third-order valence-corrected chi connectivity index (χ3v) is 6.56. The summed E-state index contributed by atoms with van der Waals surface area (Å²) in [6.07, 6.45) is 8.36. The Labute approximate surface area is 145 Å². The van der Waals surface area contributed by atoms with Crippen molar-refractivity contribution < 1.29 is 15.0 Å². The molecule has 4 fully saturated rings. The number of carbonyl (C=O) groups is 1. The summed E-state index contributed by atoms with van der Waals surface area (Å²) in [7, 11) is 0. The molecule has 2 heterocycles. The number of fused-ring (bicyclic) bond motifs is 1. The van der Waals surface area contributed by atoms with Crippen LogP contribution in [0.1, 0.15) is 42.5 Å². The lowest BCUT2D eigenvalue weighted by molar-refractivity contribution is -0.129. The Morgan fingerprint density at radius 1 is 1.32 bits per heavy atom. The molecular formula is C19H23N3O3. The van der Waals surface area contributed by atoms with Crippen molar-refractivity contribution in [3.8, 4) is 0 Å². The first kappa shape index (κ1) is 15.3. The van der Waals surface area contributed by atoms with Gasteiger partial charge >= 0.3 is 0 Å². The molecule has 4 saturated carbocycles. The first-order valence-corrected chi connectivity index (χ1v) is 9.16. The van der Waals surface area contributed by atoms with Crippen molar-refractivity contribution in [2.75, 3.05) is 11.9 Å². The molecule has 2 aromatic heterocycles. The van der Waals surface area contributed by atoms with Gasteiger partial charge in [0.15, 0.2) is 5.78 Å². The molecule has 6 heteroatoms. The maximum atomic E-state index is 12.2. The molecule has 25 heavy (non-hydrogen) atoms. The average Bonchev–Trinajstić information content (AvgIpc) is 3.04. The van der Waals surface area contributed by atoms with Crippen LogP contribution in [0.5, 0.6) is 0 Å². The Morgan fingerprint density at radius 3 is 2.76 bits per heavy atom. The van der Waals surface area contributed by atoms with Gasteiger partial charge in [-0.1, -0.05) is 0 Å². The number of rotatable bonds is 4. The Bertz CT molecular complexity index is 830. The van der Waals surface area contributed by atoms with Crippen LogP contribution in [0, 0.1) is 17.8 Å². The van der Waals surface area contributed by atoms with Crippen molar-refractivity contribution in [1.82, 2.24) is 9.61 Å². The van der Waals surface area contributed by atoms with E-state index in [0.29, 0.717) is 23.3 Å². The minimum absolute atomic E-state index is 0.267. The fraction of sp³-hybridized carbons (Fsp3) is 0.579. The van der Waals surface area contributed by atoms with Crippen LogP contribution in [0.3, 0.4) is 0 Å². The van der Waals surface area contributed by atoms with Crippen LogP contribution >= 0.6 is 0 Å². The fourth-order valence-electron chi connectivity index (χ4n) is 5.83. The molecular weight excluding hydrogens is 318 g/mol. The number of aliphatic hydroxyl groups is 2. The largest absolute Gasteiger partial charge is 0.390 e.